The Balaban J connectivity index is 1.95. The highest BCUT2D eigenvalue weighted by atomic mass is 35.5. The first-order valence-electron chi connectivity index (χ1n) is 5.80. The third-order valence-electron chi connectivity index (χ3n) is 2.65. The van der Waals surface area contributed by atoms with Crippen LogP contribution >= 0.6 is 23.1 Å². The monoisotopic (exact) mass is 304 g/mol. The van der Waals surface area contributed by atoms with Crippen LogP contribution in [0.5, 0.6) is 0 Å². The molecule has 0 unspecified atom stereocenters. The molecule has 0 atom stereocenters. The van der Waals surface area contributed by atoms with Gasteiger partial charge in [-0.2, -0.15) is 4.37 Å². The molecule has 0 radical (unpaired) electrons. The minimum atomic E-state index is -0.353. The standard InChI is InChI=1S/C13H9ClN4OS/c1-7-15-13(20-18-7)17-12(19)11-6-9(14)8-4-2-3-5-10(8)16-11/h2-6H,1H3,(H,15,17,18,19). The first-order valence-corrected chi connectivity index (χ1v) is 6.95. The lowest BCUT2D eigenvalue weighted by atomic mass is 10.2. The summed E-state index contributed by atoms with van der Waals surface area (Å²) in [7, 11) is 0. The van der Waals surface area contributed by atoms with Gasteiger partial charge >= 0.3 is 0 Å². The van der Waals surface area contributed by atoms with E-state index in [1.807, 2.05) is 24.3 Å². The van der Waals surface area contributed by atoms with Crippen LogP contribution in [0.15, 0.2) is 30.3 Å². The van der Waals surface area contributed by atoms with Crippen LogP contribution in [0.3, 0.4) is 0 Å². The lowest BCUT2D eigenvalue weighted by molar-refractivity contribution is 0.102. The molecule has 0 fully saturated rings. The van der Waals surface area contributed by atoms with E-state index in [0.717, 1.165) is 16.9 Å². The maximum atomic E-state index is 12.1. The number of fused-ring (bicyclic) bond motifs is 1. The van der Waals surface area contributed by atoms with Crippen LogP contribution in [-0.2, 0) is 0 Å². The van der Waals surface area contributed by atoms with Crippen LogP contribution in [0, 0.1) is 6.92 Å². The number of nitrogens with one attached hydrogen (secondary N) is 1. The van der Waals surface area contributed by atoms with E-state index >= 15 is 0 Å². The molecule has 7 heteroatoms. The molecule has 0 bridgehead atoms. The van der Waals surface area contributed by atoms with Crippen molar-refractivity contribution in [2.45, 2.75) is 6.92 Å². The van der Waals surface area contributed by atoms with E-state index in [2.05, 4.69) is 19.7 Å². The van der Waals surface area contributed by atoms with Crippen molar-refractivity contribution in [3.8, 4) is 0 Å². The predicted octanol–water partition coefficient (Wildman–Crippen LogP) is 3.30. The summed E-state index contributed by atoms with van der Waals surface area (Å²) in [5, 5.41) is 4.41. The summed E-state index contributed by atoms with van der Waals surface area (Å²) in [6.45, 7) is 1.76. The number of anilines is 1. The van der Waals surface area contributed by atoms with E-state index in [1.54, 1.807) is 13.0 Å². The number of benzene rings is 1. The van der Waals surface area contributed by atoms with E-state index in [9.17, 15) is 4.79 Å². The Kier molecular flexibility index (Phi) is 3.33. The first kappa shape index (κ1) is 13.0. The summed E-state index contributed by atoms with van der Waals surface area (Å²) in [5.41, 5.74) is 0.931. The summed E-state index contributed by atoms with van der Waals surface area (Å²) in [6.07, 6.45) is 0. The van der Waals surface area contributed by atoms with Crippen molar-refractivity contribution in [2.75, 3.05) is 5.32 Å². The number of aryl methyl sites for hydroxylation is 1. The normalized spacial score (nSPS) is 10.7. The molecule has 5 nitrogen and oxygen atoms in total. The zero-order valence-corrected chi connectivity index (χ0v) is 12.0. The second-order valence-electron chi connectivity index (χ2n) is 4.11. The lowest BCUT2D eigenvalue weighted by Crippen LogP contribution is -2.13. The van der Waals surface area contributed by atoms with Crippen molar-refractivity contribution in [3.05, 3.63) is 46.9 Å². The average molecular weight is 305 g/mol. The van der Waals surface area contributed by atoms with Crippen molar-refractivity contribution >= 4 is 45.1 Å². The Morgan fingerprint density at radius 1 is 1.30 bits per heavy atom. The fraction of sp³-hybridized carbons (Fsp3) is 0.0769. The van der Waals surface area contributed by atoms with Gasteiger partial charge in [-0.15, -0.1) is 0 Å². The zero-order valence-electron chi connectivity index (χ0n) is 10.4. The van der Waals surface area contributed by atoms with Crippen molar-refractivity contribution in [1.29, 1.82) is 0 Å². The van der Waals surface area contributed by atoms with E-state index in [1.165, 1.54) is 0 Å². The van der Waals surface area contributed by atoms with Crippen molar-refractivity contribution in [3.63, 3.8) is 0 Å². The Labute approximate surface area is 123 Å². The van der Waals surface area contributed by atoms with E-state index in [0.29, 0.717) is 21.5 Å². The fourth-order valence-corrected chi connectivity index (χ4v) is 2.59. The summed E-state index contributed by atoms with van der Waals surface area (Å²) in [5.74, 6) is 0.267. The number of carbonyl (C=O) groups excluding carboxylic acids is 1. The van der Waals surface area contributed by atoms with Gasteiger partial charge in [-0.1, -0.05) is 29.8 Å². The van der Waals surface area contributed by atoms with Crippen LogP contribution in [0.2, 0.25) is 5.02 Å². The highest BCUT2D eigenvalue weighted by Crippen LogP contribution is 2.23. The zero-order chi connectivity index (χ0) is 14.1. The number of hydrogen-bond acceptors (Lipinski definition) is 5. The number of hydrogen-bond donors (Lipinski definition) is 1. The van der Waals surface area contributed by atoms with E-state index < -0.39 is 0 Å². The number of nitrogens with zero attached hydrogens (tertiary/aromatic N) is 3. The molecule has 1 N–H and O–H groups in total. The quantitative estimate of drug-likeness (QED) is 0.788. The molecule has 0 aliphatic rings. The van der Waals surface area contributed by atoms with Crippen LogP contribution in [0.25, 0.3) is 10.9 Å². The van der Waals surface area contributed by atoms with Gasteiger partial charge in [-0.25, -0.2) is 9.97 Å². The molecule has 2 aromatic heterocycles. The second-order valence-corrected chi connectivity index (χ2v) is 5.27. The fourth-order valence-electron chi connectivity index (χ4n) is 1.76. The molecule has 0 saturated heterocycles. The number of halogens is 1. The first-order chi connectivity index (χ1) is 9.63. The maximum Gasteiger partial charge on any atom is 0.276 e. The molecule has 0 aliphatic heterocycles. The van der Waals surface area contributed by atoms with Gasteiger partial charge in [0, 0.05) is 16.9 Å². The molecular weight excluding hydrogens is 296 g/mol. The summed E-state index contributed by atoms with van der Waals surface area (Å²) in [6, 6.07) is 8.95. The topological polar surface area (TPSA) is 67.8 Å². The third kappa shape index (κ3) is 2.48. The van der Waals surface area contributed by atoms with Gasteiger partial charge in [-0.3, -0.25) is 10.1 Å². The van der Waals surface area contributed by atoms with Gasteiger partial charge in [0.05, 0.1) is 10.5 Å². The van der Waals surface area contributed by atoms with Gasteiger partial charge in [0.15, 0.2) is 0 Å². The number of carbonyl (C=O) groups is 1. The van der Waals surface area contributed by atoms with Gasteiger partial charge in [-0.05, 0) is 19.1 Å². The summed E-state index contributed by atoms with van der Waals surface area (Å²) in [4.78, 5) is 20.5. The van der Waals surface area contributed by atoms with Crippen LogP contribution < -0.4 is 5.32 Å². The number of pyridine rings is 1. The van der Waals surface area contributed by atoms with E-state index in [4.69, 9.17) is 11.6 Å². The molecule has 0 aliphatic carbocycles. The Bertz CT molecular complexity index is 802. The van der Waals surface area contributed by atoms with Gasteiger partial charge in [0.25, 0.3) is 5.91 Å². The van der Waals surface area contributed by atoms with Crippen molar-refractivity contribution in [1.82, 2.24) is 14.3 Å². The SMILES string of the molecule is Cc1nsc(NC(=O)c2cc(Cl)c3ccccc3n2)n1. The number of aromatic nitrogens is 3. The molecule has 1 amide bonds. The van der Waals surface area contributed by atoms with Crippen LogP contribution in [0.4, 0.5) is 5.13 Å². The Hall–Kier alpha value is -2.05. The van der Waals surface area contributed by atoms with Crippen molar-refractivity contribution < 1.29 is 4.79 Å². The van der Waals surface area contributed by atoms with Crippen molar-refractivity contribution in [2.24, 2.45) is 0 Å². The van der Waals surface area contributed by atoms with E-state index in [-0.39, 0.29) is 11.6 Å². The summed E-state index contributed by atoms with van der Waals surface area (Å²) >= 11 is 7.29. The second kappa shape index (κ2) is 5.15. The minimum absolute atomic E-state index is 0.251. The number of rotatable bonds is 2. The third-order valence-corrected chi connectivity index (χ3v) is 3.68. The lowest BCUT2D eigenvalue weighted by Gasteiger charge is -2.04. The molecule has 2 heterocycles. The molecule has 0 saturated carbocycles. The number of para-hydroxylation sites is 1. The van der Waals surface area contributed by atoms with Crippen LogP contribution in [-0.4, -0.2) is 20.2 Å². The van der Waals surface area contributed by atoms with Gasteiger partial charge in [0.1, 0.15) is 11.5 Å². The highest BCUT2D eigenvalue weighted by Gasteiger charge is 2.13. The molecule has 100 valence electrons. The largest absolute Gasteiger partial charge is 0.295 e. The predicted molar refractivity (Wildman–Crippen MR) is 79.4 cm³/mol. The molecule has 0 spiro atoms. The Morgan fingerprint density at radius 2 is 2.10 bits per heavy atom. The smallest absolute Gasteiger partial charge is 0.276 e. The number of amides is 1. The maximum absolute atomic E-state index is 12.1. The summed E-state index contributed by atoms with van der Waals surface area (Å²) < 4.78 is 4.00. The van der Waals surface area contributed by atoms with Gasteiger partial charge < -0.3 is 0 Å². The molecule has 3 rings (SSSR count). The average Bonchev–Trinajstić information content (AvgIpc) is 2.84. The molecule has 3 aromatic rings. The van der Waals surface area contributed by atoms with Gasteiger partial charge in [0.2, 0.25) is 5.13 Å². The Morgan fingerprint density at radius 3 is 2.85 bits per heavy atom. The molecular formula is C13H9ClN4OS. The van der Waals surface area contributed by atoms with Crippen LogP contribution in [0.1, 0.15) is 16.3 Å². The molecule has 1 aromatic carbocycles. The highest BCUT2D eigenvalue weighted by molar-refractivity contribution is 7.09. The molecule has 20 heavy (non-hydrogen) atoms. The minimum Gasteiger partial charge on any atom is -0.295 e.